The molecular weight excluding hydrogens is 381 g/mol. The van der Waals surface area contributed by atoms with Crippen molar-refractivity contribution >= 4 is 27.8 Å². The van der Waals surface area contributed by atoms with Crippen molar-refractivity contribution in [2.75, 3.05) is 13.7 Å². The summed E-state index contributed by atoms with van der Waals surface area (Å²) in [5.41, 5.74) is 0.640. The van der Waals surface area contributed by atoms with Gasteiger partial charge in [-0.15, -0.1) is 0 Å². The molecule has 1 amide bonds. The van der Waals surface area contributed by atoms with Crippen LogP contribution in [0.4, 0.5) is 4.39 Å². The van der Waals surface area contributed by atoms with Crippen molar-refractivity contribution < 1.29 is 23.5 Å². The Balaban J connectivity index is 1.84. The standard InChI is InChI=1S/C17H15BrFNO4/c1-23-15-7-6-11(8-13(15)18)17(22)24-10-16(21)20-9-12-4-2-3-5-14(12)19/h2-8H,9-10H2,1H3,(H,20,21). The zero-order chi connectivity index (χ0) is 17.5. The Morgan fingerprint density at radius 3 is 2.62 bits per heavy atom. The number of benzene rings is 2. The van der Waals surface area contributed by atoms with Gasteiger partial charge in [0.2, 0.25) is 0 Å². The number of rotatable bonds is 6. The lowest BCUT2D eigenvalue weighted by Crippen LogP contribution is -2.28. The fourth-order valence-corrected chi connectivity index (χ4v) is 2.44. The average molecular weight is 396 g/mol. The van der Waals surface area contributed by atoms with Crippen LogP contribution in [0, 0.1) is 5.82 Å². The maximum Gasteiger partial charge on any atom is 0.338 e. The minimum atomic E-state index is -0.639. The molecule has 0 radical (unpaired) electrons. The molecule has 0 aromatic heterocycles. The van der Waals surface area contributed by atoms with Crippen molar-refractivity contribution in [1.29, 1.82) is 0 Å². The lowest BCUT2D eigenvalue weighted by molar-refractivity contribution is -0.124. The monoisotopic (exact) mass is 395 g/mol. The number of esters is 1. The normalized spacial score (nSPS) is 10.1. The predicted molar refractivity (Wildman–Crippen MR) is 89.2 cm³/mol. The molecule has 0 aliphatic carbocycles. The van der Waals surface area contributed by atoms with Crippen LogP contribution in [0.1, 0.15) is 15.9 Å². The predicted octanol–water partition coefficient (Wildman–Crippen LogP) is 3.07. The van der Waals surface area contributed by atoms with E-state index in [0.717, 1.165) is 0 Å². The first-order valence-electron chi connectivity index (χ1n) is 7.02. The quantitative estimate of drug-likeness (QED) is 0.763. The van der Waals surface area contributed by atoms with Crippen LogP contribution in [0.5, 0.6) is 5.75 Å². The number of amides is 1. The Hall–Kier alpha value is -2.41. The third-order valence-corrected chi connectivity index (χ3v) is 3.78. The molecule has 0 aliphatic rings. The van der Waals surface area contributed by atoms with E-state index in [1.807, 2.05) is 0 Å². The van der Waals surface area contributed by atoms with Crippen molar-refractivity contribution in [2.45, 2.75) is 6.54 Å². The Morgan fingerprint density at radius 1 is 1.21 bits per heavy atom. The van der Waals surface area contributed by atoms with Crippen molar-refractivity contribution in [3.05, 3.63) is 63.9 Å². The fraction of sp³-hybridized carbons (Fsp3) is 0.176. The van der Waals surface area contributed by atoms with Gasteiger partial charge in [0.1, 0.15) is 11.6 Å². The van der Waals surface area contributed by atoms with Gasteiger partial charge in [0.15, 0.2) is 6.61 Å². The molecule has 5 nitrogen and oxygen atoms in total. The molecule has 7 heteroatoms. The van der Waals surface area contributed by atoms with Gasteiger partial charge in [0.05, 0.1) is 17.1 Å². The highest BCUT2D eigenvalue weighted by Crippen LogP contribution is 2.25. The van der Waals surface area contributed by atoms with Crippen LogP contribution >= 0.6 is 15.9 Å². The number of hydrogen-bond acceptors (Lipinski definition) is 4. The highest BCUT2D eigenvalue weighted by molar-refractivity contribution is 9.10. The van der Waals surface area contributed by atoms with Gasteiger partial charge < -0.3 is 14.8 Å². The zero-order valence-corrected chi connectivity index (χ0v) is 14.4. The lowest BCUT2D eigenvalue weighted by Gasteiger charge is -2.08. The van der Waals surface area contributed by atoms with E-state index >= 15 is 0 Å². The summed E-state index contributed by atoms with van der Waals surface area (Å²) in [5, 5.41) is 2.49. The van der Waals surface area contributed by atoms with Crippen molar-refractivity contribution in [1.82, 2.24) is 5.32 Å². The third-order valence-electron chi connectivity index (χ3n) is 3.16. The lowest BCUT2D eigenvalue weighted by atomic mass is 10.2. The van der Waals surface area contributed by atoms with Gasteiger partial charge in [-0.3, -0.25) is 4.79 Å². The molecule has 0 heterocycles. The number of carbonyl (C=O) groups is 2. The highest BCUT2D eigenvalue weighted by Gasteiger charge is 2.12. The van der Waals surface area contributed by atoms with Crippen molar-refractivity contribution in [2.24, 2.45) is 0 Å². The molecule has 2 aromatic rings. The number of ether oxygens (including phenoxy) is 2. The van der Waals surface area contributed by atoms with Crippen LogP contribution in [0.25, 0.3) is 0 Å². The number of halogens is 2. The van der Waals surface area contributed by atoms with Gasteiger partial charge in [0.25, 0.3) is 5.91 Å². The van der Waals surface area contributed by atoms with E-state index in [2.05, 4.69) is 21.2 Å². The van der Waals surface area contributed by atoms with E-state index in [-0.39, 0.29) is 12.1 Å². The first kappa shape index (κ1) is 17.9. The second kappa shape index (κ2) is 8.44. The fourth-order valence-electron chi connectivity index (χ4n) is 1.89. The van der Waals surface area contributed by atoms with Gasteiger partial charge >= 0.3 is 5.97 Å². The number of methoxy groups -OCH3 is 1. The minimum Gasteiger partial charge on any atom is -0.496 e. The Kier molecular flexibility index (Phi) is 6.31. The van der Waals surface area contributed by atoms with Crippen LogP contribution in [0.15, 0.2) is 46.9 Å². The van der Waals surface area contributed by atoms with Crippen molar-refractivity contribution in [3.8, 4) is 5.75 Å². The largest absolute Gasteiger partial charge is 0.496 e. The van der Waals surface area contributed by atoms with Gasteiger partial charge in [-0.05, 0) is 40.2 Å². The molecule has 0 unspecified atom stereocenters. The highest BCUT2D eigenvalue weighted by atomic mass is 79.9. The topological polar surface area (TPSA) is 64.6 Å². The molecule has 0 fully saturated rings. The van der Waals surface area contributed by atoms with Gasteiger partial charge in [-0.25, -0.2) is 9.18 Å². The van der Waals surface area contributed by atoms with Crippen LogP contribution in [0.3, 0.4) is 0 Å². The molecule has 1 N–H and O–H groups in total. The molecule has 2 aromatic carbocycles. The number of nitrogens with one attached hydrogen (secondary N) is 1. The molecule has 0 atom stereocenters. The van der Waals surface area contributed by atoms with E-state index < -0.39 is 24.3 Å². The molecule has 24 heavy (non-hydrogen) atoms. The van der Waals surface area contributed by atoms with Crippen LogP contribution in [-0.2, 0) is 16.1 Å². The maximum absolute atomic E-state index is 13.4. The average Bonchev–Trinajstić information content (AvgIpc) is 2.58. The second-order valence-electron chi connectivity index (χ2n) is 4.79. The second-order valence-corrected chi connectivity index (χ2v) is 5.65. The smallest absolute Gasteiger partial charge is 0.338 e. The summed E-state index contributed by atoms with van der Waals surface area (Å²) < 4.78 is 24.0. The number of hydrogen-bond donors (Lipinski definition) is 1. The maximum atomic E-state index is 13.4. The molecule has 0 spiro atoms. The molecule has 126 valence electrons. The number of carbonyl (C=O) groups excluding carboxylic acids is 2. The van der Waals surface area contributed by atoms with Crippen LogP contribution < -0.4 is 10.1 Å². The summed E-state index contributed by atoms with van der Waals surface area (Å²) >= 11 is 3.27. The molecule has 0 bridgehead atoms. The molecule has 0 saturated carbocycles. The summed E-state index contributed by atoms with van der Waals surface area (Å²) in [6.07, 6.45) is 0. The first-order chi connectivity index (χ1) is 11.5. The molecule has 2 rings (SSSR count). The van der Waals surface area contributed by atoms with E-state index in [1.165, 1.54) is 19.2 Å². The van der Waals surface area contributed by atoms with Crippen molar-refractivity contribution in [3.63, 3.8) is 0 Å². The first-order valence-corrected chi connectivity index (χ1v) is 7.81. The molecule has 0 aliphatic heterocycles. The van der Waals surface area contributed by atoms with Gasteiger partial charge in [-0.2, -0.15) is 0 Å². The van der Waals surface area contributed by atoms with E-state index in [1.54, 1.807) is 30.3 Å². The summed E-state index contributed by atoms with van der Waals surface area (Å²) in [4.78, 5) is 23.6. The molecule has 0 saturated heterocycles. The minimum absolute atomic E-state index is 0.0249. The van der Waals surface area contributed by atoms with E-state index in [0.29, 0.717) is 15.8 Å². The summed E-state index contributed by atoms with van der Waals surface area (Å²) in [6, 6.07) is 10.8. The zero-order valence-electron chi connectivity index (χ0n) is 12.8. The summed E-state index contributed by atoms with van der Waals surface area (Å²) in [6.45, 7) is -0.423. The van der Waals surface area contributed by atoms with Gasteiger partial charge in [0, 0.05) is 12.1 Å². The SMILES string of the molecule is COc1ccc(C(=O)OCC(=O)NCc2ccccc2F)cc1Br. The Bertz CT molecular complexity index is 751. The Labute approximate surface area is 146 Å². The van der Waals surface area contributed by atoms with E-state index in [9.17, 15) is 14.0 Å². The molecular formula is C17H15BrFNO4. The van der Waals surface area contributed by atoms with Crippen LogP contribution in [0.2, 0.25) is 0 Å². The Morgan fingerprint density at radius 2 is 1.96 bits per heavy atom. The summed E-state index contributed by atoms with van der Waals surface area (Å²) in [7, 11) is 1.51. The third kappa shape index (κ3) is 4.79. The van der Waals surface area contributed by atoms with Crippen LogP contribution in [-0.4, -0.2) is 25.6 Å². The van der Waals surface area contributed by atoms with E-state index in [4.69, 9.17) is 9.47 Å². The summed E-state index contributed by atoms with van der Waals surface area (Å²) in [5.74, 6) is -0.981. The van der Waals surface area contributed by atoms with Gasteiger partial charge in [-0.1, -0.05) is 18.2 Å².